The Bertz CT molecular complexity index is 275. The number of hydroxylamine groups is 1. The van der Waals surface area contributed by atoms with Crippen molar-refractivity contribution >= 4 is 12.0 Å². The molecule has 0 bridgehead atoms. The molecule has 0 saturated heterocycles. The van der Waals surface area contributed by atoms with E-state index in [-0.39, 0.29) is 5.41 Å². The number of hydrogen-bond donors (Lipinski definition) is 3. The Hall–Kier alpha value is -1.30. The molecule has 0 heterocycles. The van der Waals surface area contributed by atoms with E-state index >= 15 is 0 Å². The summed E-state index contributed by atoms with van der Waals surface area (Å²) in [6, 6.07) is -0.488. The summed E-state index contributed by atoms with van der Waals surface area (Å²) in [6.07, 6.45) is 5.90. The van der Waals surface area contributed by atoms with Crippen molar-refractivity contribution in [3.8, 4) is 0 Å². The zero-order valence-electron chi connectivity index (χ0n) is 10.1. The van der Waals surface area contributed by atoms with E-state index in [1.165, 1.54) is 19.3 Å². The van der Waals surface area contributed by atoms with E-state index in [0.717, 1.165) is 12.8 Å². The number of rotatable bonds is 5. The average Bonchev–Trinajstić information content (AvgIpc) is 2.27. The van der Waals surface area contributed by atoms with Gasteiger partial charge in [0.2, 0.25) is 0 Å². The molecule has 1 aliphatic rings. The molecule has 1 rings (SSSR count). The van der Waals surface area contributed by atoms with Crippen LogP contribution < -0.4 is 10.8 Å². The van der Waals surface area contributed by atoms with Gasteiger partial charge in [-0.3, -0.25) is 4.84 Å². The fourth-order valence-corrected chi connectivity index (χ4v) is 2.08. The van der Waals surface area contributed by atoms with Gasteiger partial charge < -0.3 is 10.4 Å². The minimum atomic E-state index is -1.12. The van der Waals surface area contributed by atoms with Crippen LogP contribution in [0.3, 0.4) is 0 Å². The number of hydrogen-bond acceptors (Lipinski definition) is 3. The number of carbonyl (C=O) groups excluding carboxylic acids is 1. The highest BCUT2D eigenvalue weighted by Crippen LogP contribution is 2.34. The molecule has 0 unspecified atom stereocenters. The Morgan fingerprint density at radius 1 is 1.29 bits per heavy atom. The standard InChI is InChI=1S/C11H20N2O4/c1-11(5-3-2-4-6-11)8-12-10(16)13-17-7-9(14)15/h2-8H2,1H3,(H,14,15)(H2,12,13,16). The predicted octanol–water partition coefficient (Wildman–Crippen LogP) is 1.27. The SMILES string of the molecule is CC1(CNC(=O)NOCC(=O)O)CCCCC1. The lowest BCUT2D eigenvalue weighted by molar-refractivity contribution is -0.144. The van der Waals surface area contributed by atoms with Gasteiger partial charge in [0.25, 0.3) is 0 Å². The lowest BCUT2D eigenvalue weighted by atomic mass is 9.76. The highest BCUT2D eigenvalue weighted by atomic mass is 16.7. The van der Waals surface area contributed by atoms with Gasteiger partial charge in [-0.15, -0.1) is 0 Å². The van der Waals surface area contributed by atoms with Crippen LogP contribution in [0.2, 0.25) is 0 Å². The summed E-state index contributed by atoms with van der Waals surface area (Å²) in [5, 5.41) is 11.0. The minimum Gasteiger partial charge on any atom is -0.479 e. The normalized spacial score (nSPS) is 18.4. The molecular weight excluding hydrogens is 224 g/mol. The lowest BCUT2D eigenvalue weighted by Crippen LogP contribution is -2.42. The van der Waals surface area contributed by atoms with Crippen LogP contribution in [0.15, 0.2) is 0 Å². The smallest absolute Gasteiger partial charge is 0.338 e. The second-order valence-electron chi connectivity index (χ2n) is 4.84. The number of urea groups is 1. The minimum absolute atomic E-state index is 0.155. The zero-order chi connectivity index (χ0) is 12.7. The highest BCUT2D eigenvalue weighted by molar-refractivity contribution is 5.73. The van der Waals surface area contributed by atoms with Crippen molar-refractivity contribution in [2.45, 2.75) is 39.0 Å². The van der Waals surface area contributed by atoms with E-state index in [1.54, 1.807) is 0 Å². The molecule has 1 saturated carbocycles. The fourth-order valence-electron chi connectivity index (χ4n) is 2.08. The van der Waals surface area contributed by atoms with Gasteiger partial charge in [0.05, 0.1) is 0 Å². The average molecular weight is 244 g/mol. The molecule has 6 nitrogen and oxygen atoms in total. The van der Waals surface area contributed by atoms with Gasteiger partial charge in [-0.05, 0) is 18.3 Å². The largest absolute Gasteiger partial charge is 0.479 e. The first kappa shape index (κ1) is 13.8. The maximum Gasteiger partial charge on any atom is 0.338 e. The summed E-state index contributed by atoms with van der Waals surface area (Å²) >= 11 is 0. The molecule has 6 heteroatoms. The van der Waals surface area contributed by atoms with Crippen molar-refractivity contribution in [2.24, 2.45) is 5.41 Å². The number of nitrogens with one attached hydrogen (secondary N) is 2. The molecule has 17 heavy (non-hydrogen) atoms. The third-order valence-corrected chi connectivity index (χ3v) is 3.10. The second kappa shape index (κ2) is 6.44. The van der Waals surface area contributed by atoms with E-state index in [9.17, 15) is 9.59 Å². The van der Waals surface area contributed by atoms with Gasteiger partial charge in [0.15, 0.2) is 6.61 Å². The number of carboxylic acids is 1. The Morgan fingerprint density at radius 3 is 2.53 bits per heavy atom. The Balaban J connectivity index is 2.16. The van der Waals surface area contributed by atoms with Crippen LogP contribution in [0.25, 0.3) is 0 Å². The lowest BCUT2D eigenvalue weighted by Gasteiger charge is -2.33. The van der Waals surface area contributed by atoms with Crippen LogP contribution in [0.4, 0.5) is 4.79 Å². The molecule has 1 aliphatic carbocycles. The van der Waals surface area contributed by atoms with Crippen LogP contribution in [0.1, 0.15) is 39.0 Å². The molecule has 0 aliphatic heterocycles. The quantitative estimate of drug-likeness (QED) is 0.635. The molecule has 0 aromatic heterocycles. The first-order valence-corrected chi connectivity index (χ1v) is 5.89. The first-order chi connectivity index (χ1) is 8.02. The van der Waals surface area contributed by atoms with Crippen LogP contribution in [-0.4, -0.2) is 30.3 Å². The fraction of sp³-hybridized carbons (Fsp3) is 0.818. The van der Waals surface area contributed by atoms with Gasteiger partial charge in [0, 0.05) is 6.54 Å². The molecule has 0 spiro atoms. The highest BCUT2D eigenvalue weighted by Gasteiger charge is 2.26. The van der Waals surface area contributed by atoms with E-state index < -0.39 is 18.6 Å². The second-order valence-corrected chi connectivity index (χ2v) is 4.84. The Morgan fingerprint density at radius 2 is 1.94 bits per heavy atom. The Labute approximate surface area is 101 Å². The van der Waals surface area contributed by atoms with Gasteiger partial charge in [0.1, 0.15) is 0 Å². The Kier molecular flexibility index (Phi) is 5.21. The summed E-state index contributed by atoms with van der Waals surface area (Å²) in [5.41, 5.74) is 2.20. The van der Waals surface area contributed by atoms with Gasteiger partial charge in [-0.2, -0.15) is 0 Å². The number of carboxylic acid groups (broad SMARTS) is 1. The zero-order valence-corrected chi connectivity index (χ0v) is 10.1. The summed E-state index contributed by atoms with van der Waals surface area (Å²) in [7, 11) is 0. The van der Waals surface area contributed by atoms with Crippen LogP contribution in [-0.2, 0) is 9.63 Å². The van der Waals surface area contributed by atoms with Gasteiger partial charge >= 0.3 is 12.0 Å². The van der Waals surface area contributed by atoms with Crippen molar-refractivity contribution in [3.63, 3.8) is 0 Å². The van der Waals surface area contributed by atoms with Crippen molar-refractivity contribution < 1.29 is 19.5 Å². The molecule has 0 radical (unpaired) electrons. The predicted molar refractivity (Wildman–Crippen MR) is 61.3 cm³/mol. The van der Waals surface area contributed by atoms with E-state index in [4.69, 9.17) is 5.11 Å². The molecule has 98 valence electrons. The van der Waals surface area contributed by atoms with Crippen LogP contribution in [0, 0.1) is 5.41 Å². The van der Waals surface area contributed by atoms with Crippen LogP contribution >= 0.6 is 0 Å². The monoisotopic (exact) mass is 244 g/mol. The molecule has 2 amide bonds. The summed E-state index contributed by atoms with van der Waals surface area (Å²) < 4.78 is 0. The summed E-state index contributed by atoms with van der Waals surface area (Å²) in [5.74, 6) is -1.12. The van der Waals surface area contributed by atoms with E-state index in [1.807, 2.05) is 5.48 Å². The van der Waals surface area contributed by atoms with Crippen molar-refractivity contribution in [1.29, 1.82) is 0 Å². The topological polar surface area (TPSA) is 87.7 Å². The molecule has 0 aromatic rings. The van der Waals surface area contributed by atoms with Crippen molar-refractivity contribution in [3.05, 3.63) is 0 Å². The molecule has 0 aromatic carbocycles. The van der Waals surface area contributed by atoms with Gasteiger partial charge in [-0.1, -0.05) is 26.2 Å². The number of aliphatic carboxylic acids is 1. The van der Waals surface area contributed by atoms with Gasteiger partial charge in [-0.25, -0.2) is 15.1 Å². The van der Waals surface area contributed by atoms with E-state index in [0.29, 0.717) is 6.54 Å². The number of amides is 2. The third kappa shape index (κ3) is 5.53. The van der Waals surface area contributed by atoms with E-state index in [2.05, 4.69) is 17.1 Å². The van der Waals surface area contributed by atoms with Crippen molar-refractivity contribution in [2.75, 3.05) is 13.2 Å². The maximum atomic E-state index is 11.3. The van der Waals surface area contributed by atoms with Crippen molar-refractivity contribution in [1.82, 2.24) is 10.8 Å². The summed E-state index contributed by atoms with van der Waals surface area (Å²) in [4.78, 5) is 25.9. The summed E-state index contributed by atoms with van der Waals surface area (Å²) in [6.45, 7) is 2.21. The molecule has 1 fully saturated rings. The molecule has 0 atom stereocenters. The molecular formula is C11H20N2O4. The third-order valence-electron chi connectivity index (χ3n) is 3.10. The first-order valence-electron chi connectivity index (χ1n) is 5.89. The maximum absolute atomic E-state index is 11.3. The van der Waals surface area contributed by atoms with Crippen LogP contribution in [0.5, 0.6) is 0 Å². The number of carbonyl (C=O) groups is 2. The molecule has 3 N–H and O–H groups in total.